The van der Waals surface area contributed by atoms with Crippen LogP contribution in [0.4, 0.5) is 0 Å². The summed E-state index contributed by atoms with van der Waals surface area (Å²) in [4.78, 5) is 14.2. The van der Waals surface area contributed by atoms with E-state index in [1.807, 2.05) is 27.9 Å². The molecule has 0 fully saturated rings. The molecule has 1 rings (SSSR count). The molecule has 0 aromatic heterocycles. The molecule has 1 unspecified atom stereocenters. The van der Waals surface area contributed by atoms with Gasteiger partial charge in [-0.25, -0.2) is 13.1 Å². The van der Waals surface area contributed by atoms with Crippen molar-refractivity contribution in [1.29, 1.82) is 0 Å². The third-order valence-electron chi connectivity index (χ3n) is 3.46. The van der Waals surface area contributed by atoms with Crippen LogP contribution < -0.4 is 10.0 Å². The number of nitrogens with zero attached hydrogens (tertiary/aromatic N) is 1. The molecule has 0 spiro atoms. The van der Waals surface area contributed by atoms with Crippen LogP contribution in [0.1, 0.15) is 37.0 Å². The Morgan fingerprint density at radius 3 is 2.35 bits per heavy atom. The Balaban J connectivity index is 2.64. The smallest absolute Gasteiger partial charge is 0.251 e. The lowest BCUT2D eigenvalue weighted by atomic mass is 10.2. The predicted octanol–water partition coefficient (Wildman–Crippen LogP) is 1.44. The van der Waals surface area contributed by atoms with E-state index >= 15 is 0 Å². The molecule has 2 N–H and O–H groups in total. The number of carbonyl (C=O) groups excluding carboxylic acids is 1. The Bertz CT molecular complexity index is 598. The number of hydrogen-bond acceptors (Lipinski definition) is 4. The van der Waals surface area contributed by atoms with Crippen LogP contribution in [0.3, 0.4) is 0 Å². The molecule has 1 aromatic carbocycles. The highest BCUT2D eigenvalue weighted by Crippen LogP contribution is 2.11. The van der Waals surface area contributed by atoms with Gasteiger partial charge in [0.1, 0.15) is 0 Å². The first-order valence-electron chi connectivity index (χ1n) is 7.81. The summed E-state index contributed by atoms with van der Waals surface area (Å²) in [5.41, 5.74) is 0.456. The molecule has 0 saturated carbocycles. The van der Waals surface area contributed by atoms with Gasteiger partial charge in [-0.3, -0.25) is 4.79 Å². The van der Waals surface area contributed by atoms with Crippen LogP contribution in [0.25, 0.3) is 0 Å². The van der Waals surface area contributed by atoms with Crippen molar-refractivity contribution >= 4 is 15.9 Å². The third kappa shape index (κ3) is 6.68. The van der Waals surface area contributed by atoms with Crippen LogP contribution in [0.5, 0.6) is 0 Å². The molecular formula is C16H27N3O3S. The van der Waals surface area contributed by atoms with Gasteiger partial charge in [-0.15, -0.1) is 0 Å². The summed E-state index contributed by atoms with van der Waals surface area (Å²) in [7, 11) is 0.429. The second-order valence-corrected chi connectivity index (χ2v) is 7.58. The van der Waals surface area contributed by atoms with Gasteiger partial charge in [0.2, 0.25) is 10.0 Å². The van der Waals surface area contributed by atoms with Crippen LogP contribution in [-0.4, -0.2) is 52.5 Å². The molecule has 130 valence electrons. The standard InChI is InChI=1S/C16H27N3O3S/c1-5-13(2)18-23(21,22)15-9-7-14(8-10-15)16(20)17-11-6-12-19(3)4/h7-10,13,18H,5-6,11-12H2,1-4H3,(H,17,20). The lowest BCUT2D eigenvalue weighted by Crippen LogP contribution is -2.32. The van der Waals surface area contributed by atoms with Crippen molar-refractivity contribution < 1.29 is 13.2 Å². The molecule has 1 amide bonds. The summed E-state index contributed by atoms with van der Waals surface area (Å²) in [5, 5.41) is 2.82. The number of sulfonamides is 1. The van der Waals surface area contributed by atoms with Crippen LogP contribution in [0.2, 0.25) is 0 Å². The zero-order valence-electron chi connectivity index (χ0n) is 14.3. The summed E-state index contributed by atoms with van der Waals surface area (Å²) >= 11 is 0. The van der Waals surface area contributed by atoms with Crippen molar-refractivity contribution in [2.45, 2.75) is 37.6 Å². The Kier molecular flexibility index (Phi) is 7.67. The lowest BCUT2D eigenvalue weighted by molar-refractivity contribution is 0.0952. The zero-order chi connectivity index (χ0) is 17.5. The number of carbonyl (C=O) groups is 1. The Morgan fingerprint density at radius 2 is 1.83 bits per heavy atom. The van der Waals surface area contributed by atoms with Crippen molar-refractivity contribution in [3.05, 3.63) is 29.8 Å². The van der Waals surface area contributed by atoms with Gasteiger partial charge in [-0.1, -0.05) is 6.92 Å². The summed E-state index contributed by atoms with van der Waals surface area (Å²) in [6.45, 7) is 5.22. The Hall–Kier alpha value is -1.44. The molecule has 0 heterocycles. The normalized spacial score (nSPS) is 13.1. The number of nitrogens with one attached hydrogen (secondary N) is 2. The monoisotopic (exact) mass is 341 g/mol. The van der Waals surface area contributed by atoms with Crippen molar-refractivity contribution in [3.8, 4) is 0 Å². The molecule has 7 heteroatoms. The minimum Gasteiger partial charge on any atom is -0.352 e. The van der Waals surface area contributed by atoms with Crippen molar-refractivity contribution in [1.82, 2.24) is 14.9 Å². The summed E-state index contributed by atoms with van der Waals surface area (Å²) in [6.07, 6.45) is 1.58. The molecule has 0 radical (unpaired) electrons. The van der Waals surface area contributed by atoms with Crippen LogP contribution >= 0.6 is 0 Å². The molecule has 0 bridgehead atoms. The minimum absolute atomic E-state index is 0.125. The van der Waals surface area contributed by atoms with Crippen molar-refractivity contribution in [2.75, 3.05) is 27.2 Å². The molecule has 0 aliphatic rings. The van der Waals surface area contributed by atoms with Gasteiger partial charge >= 0.3 is 0 Å². The molecule has 1 aromatic rings. The first-order chi connectivity index (χ1) is 10.8. The molecule has 0 aliphatic heterocycles. The number of rotatable bonds is 9. The average molecular weight is 341 g/mol. The highest BCUT2D eigenvalue weighted by molar-refractivity contribution is 7.89. The molecule has 1 atom stereocenters. The molecular weight excluding hydrogens is 314 g/mol. The van der Waals surface area contributed by atoms with Crippen LogP contribution in [-0.2, 0) is 10.0 Å². The number of hydrogen-bond donors (Lipinski definition) is 2. The largest absolute Gasteiger partial charge is 0.352 e. The van der Waals surface area contributed by atoms with E-state index in [4.69, 9.17) is 0 Å². The first kappa shape index (κ1) is 19.6. The van der Waals surface area contributed by atoms with Gasteiger partial charge in [0.15, 0.2) is 0 Å². The molecule has 0 saturated heterocycles. The average Bonchev–Trinajstić information content (AvgIpc) is 2.50. The first-order valence-corrected chi connectivity index (χ1v) is 9.30. The van der Waals surface area contributed by atoms with E-state index in [0.29, 0.717) is 18.5 Å². The Morgan fingerprint density at radius 1 is 1.22 bits per heavy atom. The quantitative estimate of drug-likeness (QED) is 0.666. The van der Waals surface area contributed by atoms with E-state index in [9.17, 15) is 13.2 Å². The molecule has 6 nitrogen and oxygen atoms in total. The maximum Gasteiger partial charge on any atom is 0.251 e. The number of benzene rings is 1. The predicted molar refractivity (Wildman–Crippen MR) is 92.0 cm³/mol. The van der Waals surface area contributed by atoms with Crippen molar-refractivity contribution in [2.24, 2.45) is 0 Å². The maximum atomic E-state index is 12.1. The second kappa shape index (κ2) is 9.00. The van der Waals surface area contributed by atoms with Gasteiger partial charge in [0.05, 0.1) is 4.90 Å². The topological polar surface area (TPSA) is 78.5 Å². The zero-order valence-corrected chi connectivity index (χ0v) is 15.1. The van der Waals surface area contributed by atoms with E-state index in [-0.39, 0.29) is 16.8 Å². The van der Waals surface area contributed by atoms with Gasteiger partial charge < -0.3 is 10.2 Å². The van der Waals surface area contributed by atoms with E-state index in [1.54, 1.807) is 0 Å². The highest BCUT2D eigenvalue weighted by atomic mass is 32.2. The molecule has 0 aliphatic carbocycles. The van der Waals surface area contributed by atoms with Gasteiger partial charge in [0, 0.05) is 18.2 Å². The van der Waals surface area contributed by atoms with Gasteiger partial charge in [-0.05, 0) is 64.7 Å². The van der Waals surface area contributed by atoms with E-state index in [0.717, 1.165) is 13.0 Å². The summed E-state index contributed by atoms with van der Waals surface area (Å²) in [5.74, 6) is -0.192. The van der Waals surface area contributed by atoms with E-state index < -0.39 is 10.0 Å². The van der Waals surface area contributed by atoms with Crippen molar-refractivity contribution in [3.63, 3.8) is 0 Å². The number of amides is 1. The minimum atomic E-state index is -3.53. The Labute approximate surface area is 139 Å². The SMILES string of the molecule is CCC(C)NS(=O)(=O)c1ccc(C(=O)NCCCN(C)C)cc1. The van der Waals surface area contributed by atoms with E-state index in [2.05, 4.69) is 14.9 Å². The second-order valence-electron chi connectivity index (χ2n) is 5.87. The summed E-state index contributed by atoms with van der Waals surface area (Å²) in [6, 6.07) is 5.86. The van der Waals surface area contributed by atoms with E-state index in [1.165, 1.54) is 24.3 Å². The highest BCUT2D eigenvalue weighted by Gasteiger charge is 2.17. The van der Waals surface area contributed by atoms with Gasteiger partial charge in [0.25, 0.3) is 5.91 Å². The summed E-state index contributed by atoms with van der Waals surface area (Å²) < 4.78 is 26.9. The lowest BCUT2D eigenvalue weighted by Gasteiger charge is -2.12. The van der Waals surface area contributed by atoms with Crippen LogP contribution in [0.15, 0.2) is 29.2 Å². The fourth-order valence-electron chi connectivity index (χ4n) is 1.90. The van der Waals surface area contributed by atoms with Crippen LogP contribution in [0, 0.1) is 0 Å². The van der Waals surface area contributed by atoms with Gasteiger partial charge in [-0.2, -0.15) is 0 Å². The fraction of sp³-hybridized carbons (Fsp3) is 0.562. The fourth-order valence-corrected chi connectivity index (χ4v) is 3.23. The third-order valence-corrected chi connectivity index (χ3v) is 5.07. The maximum absolute atomic E-state index is 12.1. The molecule has 23 heavy (non-hydrogen) atoms.